The minimum atomic E-state index is -4.68. The summed E-state index contributed by atoms with van der Waals surface area (Å²) in [5, 5.41) is 14.8. The molecule has 0 aliphatic rings. The summed E-state index contributed by atoms with van der Waals surface area (Å²) in [4.78, 5) is 3.81. The highest BCUT2D eigenvalue weighted by atomic mass is 19.4. The lowest BCUT2D eigenvalue weighted by molar-refractivity contribution is -0.327. The van der Waals surface area contributed by atoms with Gasteiger partial charge in [-0.2, -0.15) is 5.26 Å². The smallest absolute Gasteiger partial charge is 0.395 e. The van der Waals surface area contributed by atoms with Crippen molar-refractivity contribution in [3.63, 3.8) is 0 Å². The fourth-order valence-electron chi connectivity index (χ4n) is 1.82. The molecule has 7 nitrogen and oxygen atoms in total. The van der Waals surface area contributed by atoms with Crippen LogP contribution in [0.5, 0.6) is 0 Å². The van der Waals surface area contributed by atoms with Gasteiger partial charge in [0.1, 0.15) is 12.6 Å². The standard InChI is InChI=1S/C16H20F3N5O2/c1-22-10-14(21)15(24-11-25-5-6-26-16(17,18)19)23-9-13-4-2-3-12(7-13)8-20/h2-4,7,10,23-24H,5-6,9,11,21H2,1H3. The van der Waals surface area contributed by atoms with Gasteiger partial charge in [0.15, 0.2) is 0 Å². The summed E-state index contributed by atoms with van der Waals surface area (Å²) in [6.07, 6.45) is -3.27. The fourth-order valence-corrected chi connectivity index (χ4v) is 1.82. The van der Waals surface area contributed by atoms with Gasteiger partial charge >= 0.3 is 6.36 Å². The van der Waals surface area contributed by atoms with Crippen molar-refractivity contribution >= 4 is 6.21 Å². The molecule has 0 fully saturated rings. The fraction of sp³-hybridized carbons (Fsp3) is 0.375. The van der Waals surface area contributed by atoms with E-state index in [2.05, 4.69) is 20.4 Å². The Morgan fingerprint density at radius 2 is 2.12 bits per heavy atom. The third kappa shape index (κ3) is 8.91. The number of allylic oxidation sites excluding steroid dienone is 1. The maximum Gasteiger partial charge on any atom is 0.522 e. The molecule has 0 heterocycles. The van der Waals surface area contributed by atoms with E-state index in [0.717, 1.165) is 5.56 Å². The molecule has 0 aliphatic heterocycles. The summed E-state index contributed by atoms with van der Waals surface area (Å²) < 4.78 is 44.1. The Morgan fingerprint density at radius 3 is 2.77 bits per heavy atom. The van der Waals surface area contributed by atoms with Crippen molar-refractivity contribution in [3.05, 3.63) is 46.9 Å². The second-order valence-electron chi connectivity index (χ2n) is 4.91. The molecule has 0 radical (unpaired) electrons. The van der Waals surface area contributed by atoms with E-state index in [9.17, 15) is 13.2 Å². The first-order valence-electron chi connectivity index (χ1n) is 7.53. The highest BCUT2D eigenvalue weighted by Crippen LogP contribution is 2.15. The van der Waals surface area contributed by atoms with Gasteiger partial charge in [-0.15, -0.1) is 13.2 Å². The number of alkyl halides is 3. The Bertz CT molecular complexity index is 669. The predicted molar refractivity (Wildman–Crippen MR) is 89.6 cm³/mol. The van der Waals surface area contributed by atoms with Crippen molar-refractivity contribution < 1.29 is 22.6 Å². The molecule has 1 aromatic carbocycles. The van der Waals surface area contributed by atoms with Crippen LogP contribution in [-0.4, -0.2) is 39.6 Å². The summed E-state index contributed by atoms with van der Waals surface area (Å²) in [7, 11) is 1.55. The van der Waals surface area contributed by atoms with E-state index < -0.39 is 13.0 Å². The molecule has 26 heavy (non-hydrogen) atoms. The summed E-state index contributed by atoms with van der Waals surface area (Å²) in [6.45, 7) is -0.566. The minimum absolute atomic E-state index is 0.0833. The number of nitriles is 1. The van der Waals surface area contributed by atoms with Crippen molar-refractivity contribution in [1.82, 2.24) is 10.6 Å². The number of rotatable bonds is 10. The first-order valence-corrected chi connectivity index (χ1v) is 7.53. The summed E-state index contributed by atoms with van der Waals surface area (Å²) in [5.41, 5.74) is 7.54. The van der Waals surface area contributed by atoms with Crippen molar-refractivity contribution in [3.8, 4) is 6.07 Å². The van der Waals surface area contributed by atoms with Gasteiger partial charge in [-0.1, -0.05) is 12.1 Å². The van der Waals surface area contributed by atoms with Crippen molar-refractivity contribution in [2.45, 2.75) is 12.9 Å². The van der Waals surface area contributed by atoms with Crippen molar-refractivity contribution in [2.24, 2.45) is 10.7 Å². The number of halogens is 3. The minimum Gasteiger partial charge on any atom is -0.395 e. The average molecular weight is 371 g/mol. The summed E-state index contributed by atoms with van der Waals surface area (Å²) in [5.74, 6) is 0.398. The molecule has 4 N–H and O–H groups in total. The van der Waals surface area contributed by atoms with Gasteiger partial charge < -0.3 is 21.1 Å². The van der Waals surface area contributed by atoms with Crippen LogP contribution in [0.1, 0.15) is 11.1 Å². The van der Waals surface area contributed by atoms with E-state index in [4.69, 9.17) is 15.7 Å². The first-order chi connectivity index (χ1) is 12.4. The van der Waals surface area contributed by atoms with Crippen LogP contribution in [0.2, 0.25) is 0 Å². The SMILES string of the molecule is CN=CC(N)=C(NCOCCOC(F)(F)F)NCc1cccc(C#N)c1. The predicted octanol–water partition coefficient (Wildman–Crippen LogP) is 1.58. The maximum atomic E-state index is 11.8. The third-order valence-electron chi connectivity index (χ3n) is 2.93. The molecule has 0 saturated carbocycles. The monoisotopic (exact) mass is 371 g/mol. The second kappa shape index (κ2) is 11.0. The van der Waals surface area contributed by atoms with Gasteiger partial charge in [0.2, 0.25) is 0 Å². The van der Waals surface area contributed by atoms with E-state index in [1.54, 1.807) is 25.2 Å². The van der Waals surface area contributed by atoms with Crippen LogP contribution in [0.4, 0.5) is 13.2 Å². The molecule has 0 atom stereocenters. The Hall–Kier alpha value is -2.77. The molecule has 10 heteroatoms. The lowest BCUT2D eigenvalue weighted by Gasteiger charge is -2.16. The van der Waals surface area contributed by atoms with Crippen LogP contribution in [0.15, 0.2) is 40.8 Å². The average Bonchev–Trinajstić information content (AvgIpc) is 2.59. The molecule has 0 unspecified atom stereocenters. The molecular weight excluding hydrogens is 351 g/mol. The molecule has 1 aromatic rings. The van der Waals surface area contributed by atoms with Crippen LogP contribution >= 0.6 is 0 Å². The largest absolute Gasteiger partial charge is 0.522 e. The molecule has 0 amide bonds. The molecule has 1 rings (SSSR count). The Morgan fingerprint density at radius 1 is 1.35 bits per heavy atom. The zero-order valence-electron chi connectivity index (χ0n) is 14.1. The van der Waals surface area contributed by atoms with E-state index in [0.29, 0.717) is 23.6 Å². The number of benzene rings is 1. The molecule has 0 saturated heterocycles. The van der Waals surface area contributed by atoms with E-state index in [1.807, 2.05) is 12.1 Å². The highest BCUT2D eigenvalue weighted by molar-refractivity contribution is 5.77. The Kier molecular flexibility index (Phi) is 8.97. The number of nitrogens with two attached hydrogens (primary N) is 1. The zero-order chi connectivity index (χ0) is 19.4. The second-order valence-corrected chi connectivity index (χ2v) is 4.91. The van der Waals surface area contributed by atoms with Gasteiger partial charge in [0.25, 0.3) is 0 Å². The molecule has 0 aromatic heterocycles. The van der Waals surface area contributed by atoms with Gasteiger partial charge in [-0.25, -0.2) is 0 Å². The Labute approximate surface area is 149 Å². The maximum absolute atomic E-state index is 11.8. The number of nitrogens with one attached hydrogen (secondary N) is 2. The number of ether oxygens (including phenoxy) is 2. The zero-order valence-corrected chi connectivity index (χ0v) is 14.1. The molecule has 0 spiro atoms. The van der Waals surface area contributed by atoms with Gasteiger partial charge in [-0.3, -0.25) is 9.73 Å². The lowest BCUT2D eigenvalue weighted by Crippen LogP contribution is -2.32. The third-order valence-corrected chi connectivity index (χ3v) is 2.93. The van der Waals surface area contributed by atoms with Crippen molar-refractivity contribution in [2.75, 3.05) is 27.0 Å². The lowest BCUT2D eigenvalue weighted by atomic mass is 10.1. The van der Waals surface area contributed by atoms with E-state index in [1.165, 1.54) is 6.21 Å². The summed E-state index contributed by atoms with van der Waals surface area (Å²) >= 11 is 0. The van der Waals surface area contributed by atoms with Gasteiger partial charge in [-0.05, 0) is 17.7 Å². The Balaban J connectivity index is 2.53. The van der Waals surface area contributed by atoms with Crippen LogP contribution in [0.3, 0.4) is 0 Å². The van der Waals surface area contributed by atoms with E-state index >= 15 is 0 Å². The number of hydrogen-bond acceptors (Lipinski definition) is 7. The number of aliphatic imine (C=N–C) groups is 1. The first kappa shape index (κ1) is 21.3. The topological polar surface area (TPSA) is 105 Å². The molecular formula is C16H20F3N5O2. The number of hydrogen-bond donors (Lipinski definition) is 3. The van der Waals surface area contributed by atoms with Gasteiger partial charge in [0.05, 0.1) is 30.5 Å². The quantitative estimate of drug-likeness (QED) is 0.328. The molecule has 142 valence electrons. The molecule has 0 bridgehead atoms. The number of nitrogens with zero attached hydrogens (tertiary/aromatic N) is 2. The highest BCUT2D eigenvalue weighted by Gasteiger charge is 2.28. The normalized spacial score (nSPS) is 12.6. The van der Waals surface area contributed by atoms with Gasteiger partial charge in [0, 0.05) is 19.8 Å². The van der Waals surface area contributed by atoms with Crippen LogP contribution in [0, 0.1) is 11.3 Å². The van der Waals surface area contributed by atoms with Crippen LogP contribution in [0.25, 0.3) is 0 Å². The van der Waals surface area contributed by atoms with Crippen molar-refractivity contribution in [1.29, 1.82) is 5.26 Å². The van der Waals surface area contributed by atoms with Crippen LogP contribution in [-0.2, 0) is 16.0 Å². The summed E-state index contributed by atoms with van der Waals surface area (Å²) in [6, 6.07) is 9.05. The van der Waals surface area contributed by atoms with E-state index in [-0.39, 0.29) is 13.3 Å². The van der Waals surface area contributed by atoms with Crippen LogP contribution < -0.4 is 16.4 Å². The molecule has 0 aliphatic carbocycles.